The van der Waals surface area contributed by atoms with Gasteiger partial charge in [0.2, 0.25) is 0 Å². The summed E-state index contributed by atoms with van der Waals surface area (Å²) in [5.74, 6) is -0.371. The first-order valence-electron chi connectivity index (χ1n) is 18.0. The standard InChI is InChI=1S/C33H32O10.C10H20O.H2O/c1-4-30(34)40-20-6-18-38-26-12-8-24(9-13-26)32(36)42-28-16-17-29(23(3)22-28)43-33(37)25-10-14-27(15-11-25)39-19-7-21-41-31(35)5-2;1-3-5-6-7-8-10-11-9-4-2;/h4-5,8-17,22H,1-2,6-7,18-21H2,3H3;4H,2-3,5-10H2,1H3;1H2. The minimum absolute atomic E-state index is 0. The van der Waals surface area contributed by atoms with Crippen LogP contribution in [-0.2, 0) is 23.8 Å². The first-order chi connectivity index (χ1) is 26.2. The van der Waals surface area contributed by atoms with Gasteiger partial charge in [-0.3, -0.25) is 0 Å². The van der Waals surface area contributed by atoms with E-state index in [4.69, 9.17) is 33.2 Å². The number of ether oxygens (including phenoxy) is 7. The Morgan fingerprint density at radius 1 is 0.582 bits per heavy atom. The fourth-order valence-corrected chi connectivity index (χ4v) is 4.43. The Morgan fingerprint density at radius 3 is 1.55 bits per heavy atom. The van der Waals surface area contributed by atoms with Crippen molar-refractivity contribution in [2.24, 2.45) is 0 Å². The summed E-state index contributed by atoms with van der Waals surface area (Å²) in [4.78, 5) is 47.3. The Morgan fingerprint density at radius 2 is 1.07 bits per heavy atom. The highest BCUT2D eigenvalue weighted by Crippen LogP contribution is 2.26. The normalized spacial score (nSPS) is 9.93. The molecule has 0 aliphatic rings. The minimum atomic E-state index is -0.563. The van der Waals surface area contributed by atoms with Gasteiger partial charge in [-0.2, -0.15) is 0 Å². The van der Waals surface area contributed by atoms with E-state index >= 15 is 0 Å². The zero-order chi connectivity index (χ0) is 39.4. The van der Waals surface area contributed by atoms with Crippen molar-refractivity contribution in [3.8, 4) is 23.0 Å². The molecule has 3 aromatic rings. The van der Waals surface area contributed by atoms with Crippen LogP contribution in [-0.4, -0.2) is 69.0 Å². The second-order valence-corrected chi connectivity index (χ2v) is 11.7. The molecule has 0 amide bonds. The molecule has 0 aromatic heterocycles. The number of rotatable bonds is 24. The summed E-state index contributed by atoms with van der Waals surface area (Å²) in [6, 6.07) is 17.6. The summed E-state index contributed by atoms with van der Waals surface area (Å²) in [7, 11) is 0. The fourth-order valence-electron chi connectivity index (χ4n) is 4.43. The maximum absolute atomic E-state index is 12.6. The summed E-state index contributed by atoms with van der Waals surface area (Å²) >= 11 is 0. The molecule has 0 unspecified atom stereocenters. The topological polar surface area (TPSA) is 164 Å². The fraction of sp³-hybridized carbons (Fsp3) is 0.349. The molecule has 0 spiro atoms. The summed E-state index contributed by atoms with van der Waals surface area (Å²) in [5.41, 5.74) is 1.24. The van der Waals surface area contributed by atoms with Gasteiger partial charge in [0.1, 0.15) is 23.0 Å². The van der Waals surface area contributed by atoms with Crippen LogP contribution in [0.3, 0.4) is 0 Å². The third kappa shape index (κ3) is 20.4. The summed E-state index contributed by atoms with van der Waals surface area (Å²) in [6.07, 6.45) is 11.6. The van der Waals surface area contributed by atoms with Gasteiger partial charge in [-0.05, 0) is 85.6 Å². The van der Waals surface area contributed by atoms with Gasteiger partial charge in [0, 0.05) is 31.6 Å². The molecule has 3 rings (SSSR count). The number of hydrogen-bond donors (Lipinski definition) is 0. The van der Waals surface area contributed by atoms with Crippen molar-refractivity contribution in [2.75, 3.05) is 39.6 Å². The smallest absolute Gasteiger partial charge is 0.343 e. The number of carbonyl (C=O) groups is 4. The third-order valence-corrected chi connectivity index (χ3v) is 7.30. The lowest BCUT2D eigenvalue weighted by atomic mass is 10.2. The van der Waals surface area contributed by atoms with Crippen molar-refractivity contribution >= 4 is 23.9 Å². The highest BCUT2D eigenvalue weighted by Gasteiger charge is 2.14. The molecule has 298 valence electrons. The lowest BCUT2D eigenvalue weighted by molar-refractivity contribution is -0.138. The molecule has 0 aliphatic carbocycles. The Labute approximate surface area is 324 Å². The molecule has 0 saturated carbocycles. The highest BCUT2D eigenvalue weighted by molar-refractivity contribution is 5.92. The molecule has 0 atom stereocenters. The van der Waals surface area contributed by atoms with Crippen molar-refractivity contribution in [1.29, 1.82) is 0 Å². The van der Waals surface area contributed by atoms with Crippen molar-refractivity contribution in [3.05, 3.63) is 121 Å². The SMILES string of the molecule is C=CC(=O)OCCCOc1ccc(C(=O)Oc2ccc(OC(=O)c3ccc(OCCCOC(=O)C=C)cc3)c(C)c2)cc1.C=CCOCCCCCCC.O. The first kappa shape index (κ1) is 47.3. The van der Waals surface area contributed by atoms with Gasteiger partial charge in [-0.25, -0.2) is 19.2 Å². The Bertz CT molecular complexity index is 1610. The quantitative estimate of drug-likeness (QED) is 0.0288. The van der Waals surface area contributed by atoms with Gasteiger partial charge in [0.05, 0.1) is 44.2 Å². The van der Waals surface area contributed by atoms with E-state index in [9.17, 15) is 19.2 Å². The van der Waals surface area contributed by atoms with E-state index in [1.165, 1.54) is 38.2 Å². The number of benzene rings is 3. The van der Waals surface area contributed by atoms with E-state index in [2.05, 4.69) is 26.7 Å². The summed E-state index contributed by atoms with van der Waals surface area (Å²) in [6.45, 7) is 16.9. The maximum Gasteiger partial charge on any atom is 0.343 e. The van der Waals surface area contributed by atoms with Crippen molar-refractivity contribution in [3.63, 3.8) is 0 Å². The van der Waals surface area contributed by atoms with Gasteiger partial charge >= 0.3 is 23.9 Å². The molecule has 0 saturated heterocycles. The number of aryl methyl sites for hydroxylation is 1. The number of esters is 4. The van der Waals surface area contributed by atoms with Crippen LogP contribution in [0, 0.1) is 6.92 Å². The van der Waals surface area contributed by atoms with Crippen molar-refractivity contribution < 1.29 is 57.8 Å². The van der Waals surface area contributed by atoms with Gasteiger partial charge in [0.15, 0.2) is 0 Å². The van der Waals surface area contributed by atoms with Gasteiger partial charge < -0.3 is 38.6 Å². The van der Waals surface area contributed by atoms with Gasteiger partial charge in [-0.1, -0.05) is 51.8 Å². The van der Waals surface area contributed by atoms with Gasteiger partial charge in [-0.15, -0.1) is 6.58 Å². The largest absolute Gasteiger partial charge is 0.493 e. The first-order valence-corrected chi connectivity index (χ1v) is 18.0. The van der Waals surface area contributed by atoms with E-state index < -0.39 is 23.9 Å². The summed E-state index contributed by atoms with van der Waals surface area (Å²) < 4.78 is 37.1. The summed E-state index contributed by atoms with van der Waals surface area (Å²) in [5, 5.41) is 0. The minimum Gasteiger partial charge on any atom is -0.493 e. The Balaban J connectivity index is 0.00000109. The van der Waals surface area contributed by atoms with Crippen molar-refractivity contribution in [1.82, 2.24) is 0 Å². The molecule has 0 fully saturated rings. The van der Waals surface area contributed by atoms with Crippen LogP contribution in [0.2, 0.25) is 0 Å². The average Bonchev–Trinajstić information content (AvgIpc) is 3.18. The van der Waals surface area contributed by atoms with Crippen LogP contribution >= 0.6 is 0 Å². The van der Waals surface area contributed by atoms with Crippen LogP contribution in [0.4, 0.5) is 0 Å². The Hall–Kier alpha value is -5.72. The lowest BCUT2D eigenvalue weighted by Gasteiger charge is -2.11. The van der Waals surface area contributed by atoms with Crippen molar-refractivity contribution in [2.45, 2.75) is 58.8 Å². The molecule has 55 heavy (non-hydrogen) atoms. The van der Waals surface area contributed by atoms with E-state index in [0.717, 1.165) is 18.8 Å². The van der Waals surface area contributed by atoms with Crippen LogP contribution in [0.1, 0.15) is 78.1 Å². The van der Waals surface area contributed by atoms with E-state index in [1.807, 2.05) is 0 Å². The number of unbranched alkanes of at least 4 members (excludes halogenated alkanes) is 4. The van der Waals surface area contributed by atoms with E-state index in [1.54, 1.807) is 73.7 Å². The van der Waals surface area contributed by atoms with Crippen LogP contribution in [0.15, 0.2) is 105 Å². The molecular formula is C43H54O12. The molecular weight excluding hydrogens is 708 g/mol. The van der Waals surface area contributed by atoms with Crippen LogP contribution in [0.25, 0.3) is 0 Å². The molecule has 12 heteroatoms. The van der Waals surface area contributed by atoms with Gasteiger partial charge in [0.25, 0.3) is 0 Å². The molecule has 3 aromatic carbocycles. The number of hydrogen-bond acceptors (Lipinski definition) is 11. The maximum atomic E-state index is 12.6. The monoisotopic (exact) mass is 762 g/mol. The Kier molecular flexibility index (Phi) is 24.7. The highest BCUT2D eigenvalue weighted by atomic mass is 16.5. The predicted molar refractivity (Wildman–Crippen MR) is 210 cm³/mol. The molecule has 2 N–H and O–H groups in total. The lowest BCUT2D eigenvalue weighted by Crippen LogP contribution is -2.11. The second kappa shape index (κ2) is 28.7. The average molecular weight is 763 g/mol. The zero-order valence-electron chi connectivity index (χ0n) is 31.9. The molecule has 0 radical (unpaired) electrons. The molecule has 0 heterocycles. The third-order valence-electron chi connectivity index (χ3n) is 7.30. The predicted octanol–water partition coefficient (Wildman–Crippen LogP) is 7.76. The molecule has 12 nitrogen and oxygen atoms in total. The molecule has 0 aliphatic heterocycles. The van der Waals surface area contributed by atoms with E-state index in [0.29, 0.717) is 66.6 Å². The van der Waals surface area contributed by atoms with Crippen LogP contribution < -0.4 is 18.9 Å². The number of carbonyl (C=O) groups excluding carboxylic acids is 4. The zero-order valence-corrected chi connectivity index (χ0v) is 31.9. The van der Waals surface area contributed by atoms with E-state index in [-0.39, 0.29) is 24.4 Å². The molecule has 0 bridgehead atoms. The van der Waals surface area contributed by atoms with Crippen LogP contribution in [0.5, 0.6) is 23.0 Å². The second-order valence-electron chi connectivity index (χ2n) is 11.7.